The van der Waals surface area contributed by atoms with Gasteiger partial charge in [0.25, 0.3) is 0 Å². The molecular weight excluding hydrogens is 224 g/mol. The minimum Gasteiger partial charge on any atom is -0.496 e. The number of rotatable bonds is 5. The highest BCUT2D eigenvalue weighted by molar-refractivity contribution is 5.33. The molecule has 1 N–H and O–H groups in total. The number of nitrogens with one attached hydrogen (secondary N) is 1. The molecule has 0 spiro atoms. The van der Waals surface area contributed by atoms with E-state index in [9.17, 15) is 0 Å². The molecule has 0 atom stereocenters. The van der Waals surface area contributed by atoms with Crippen LogP contribution in [0.5, 0.6) is 5.75 Å². The summed E-state index contributed by atoms with van der Waals surface area (Å²) in [6.07, 6.45) is 1.91. The van der Waals surface area contributed by atoms with Crippen LogP contribution in [0.3, 0.4) is 0 Å². The number of aryl methyl sites for hydroxylation is 1. The standard InChI is InChI=1S/C15H18N2O/c1-12-7-8-13(10-17-12)9-16-11-14-5-3-4-6-15(14)18-2/h3-8,10,16H,9,11H2,1-2H3. The van der Waals surface area contributed by atoms with E-state index in [0.29, 0.717) is 0 Å². The van der Waals surface area contributed by atoms with E-state index in [-0.39, 0.29) is 0 Å². The summed E-state index contributed by atoms with van der Waals surface area (Å²) < 4.78 is 5.31. The molecule has 0 aliphatic rings. The van der Waals surface area contributed by atoms with Gasteiger partial charge in [-0.15, -0.1) is 0 Å². The molecule has 0 unspecified atom stereocenters. The van der Waals surface area contributed by atoms with E-state index in [4.69, 9.17) is 4.74 Å². The fourth-order valence-corrected chi connectivity index (χ4v) is 1.79. The van der Waals surface area contributed by atoms with Gasteiger partial charge in [-0.05, 0) is 24.6 Å². The van der Waals surface area contributed by atoms with Gasteiger partial charge in [0.15, 0.2) is 0 Å². The lowest BCUT2D eigenvalue weighted by Gasteiger charge is -2.09. The topological polar surface area (TPSA) is 34.1 Å². The Morgan fingerprint density at radius 3 is 2.67 bits per heavy atom. The zero-order valence-electron chi connectivity index (χ0n) is 10.8. The number of ether oxygens (including phenoxy) is 1. The molecule has 3 heteroatoms. The summed E-state index contributed by atoms with van der Waals surface area (Å²) in [6, 6.07) is 12.2. The number of methoxy groups -OCH3 is 1. The molecule has 0 saturated carbocycles. The van der Waals surface area contributed by atoms with E-state index in [1.54, 1.807) is 7.11 Å². The predicted molar refractivity (Wildman–Crippen MR) is 72.5 cm³/mol. The summed E-state index contributed by atoms with van der Waals surface area (Å²) >= 11 is 0. The first-order valence-corrected chi connectivity index (χ1v) is 6.04. The SMILES string of the molecule is COc1ccccc1CNCc1ccc(C)nc1. The van der Waals surface area contributed by atoms with Crippen molar-refractivity contribution in [3.05, 3.63) is 59.4 Å². The van der Waals surface area contributed by atoms with Gasteiger partial charge < -0.3 is 10.1 Å². The molecule has 0 fully saturated rings. The molecule has 18 heavy (non-hydrogen) atoms. The maximum absolute atomic E-state index is 5.31. The van der Waals surface area contributed by atoms with Gasteiger partial charge in [0.1, 0.15) is 5.75 Å². The Labute approximate surface area is 108 Å². The summed E-state index contributed by atoms with van der Waals surface area (Å²) in [6.45, 7) is 3.59. The summed E-state index contributed by atoms with van der Waals surface area (Å²) in [4.78, 5) is 4.27. The lowest BCUT2D eigenvalue weighted by atomic mass is 10.2. The third kappa shape index (κ3) is 3.31. The van der Waals surface area contributed by atoms with Crippen molar-refractivity contribution in [3.63, 3.8) is 0 Å². The van der Waals surface area contributed by atoms with Gasteiger partial charge in [-0.3, -0.25) is 4.98 Å². The number of pyridine rings is 1. The first-order chi connectivity index (χ1) is 8.79. The van der Waals surface area contributed by atoms with Crippen molar-refractivity contribution in [3.8, 4) is 5.75 Å². The Bertz CT molecular complexity index is 494. The Hall–Kier alpha value is -1.87. The van der Waals surface area contributed by atoms with Gasteiger partial charge in [-0.2, -0.15) is 0 Å². The van der Waals surface area contributed by atoms with Crippen LogP contribution in [0.4, 0.5) is 0 Å². The first kappa shape index (κ1) is 12.6. The van der Waals surface area contributed by atoms with E-state index in [1.165, 1.54) is 11.1 Å². The maximum Gasteiger partial charge on any atom is 0.123 e. The van der Waals surface area contributed by atoms with Crippen molar-refractivity contribution < 1.29 is 4.74 Å². The van der Waals surface area contributed by atoms with E-state index in [2.05, 4.69) is 22.4 Å². The van der Waals surface area contributed by atoms with E-state index >= 15 is 0 Å². The molecule has 0 aliphatic heterocycles. The Morgan fingerprint density at radius 1 is 1.11 bits per heavy atom. The van der Waals surface area contributed by atoms with Gasteiger partial charge in [0, 0.05) is 30.5 Å². The van der Waals surface area contributed by atoms with Crippen molar-refractivity contribution in [1.82, 2.24) is 10.3 Å². The number of hydrogen-bond donors (Lipinski definition) is 1. The largest absolute Gasteiger partial charge is 0.496 e. The molecule has 1 aromatic heterocycles. The van der Waals surface area contributed by atoms with Crippen LogP contribution in [0, 0.1) is 6.92 Å². The van der Waals surface area contributed by atoms with Crippen LogP contribution >= 0.6 is 0 Å². The second-order valence-corrected chi connectivity index (χ2v) is 4.22. The van der Waals surface area contributed by atoms with Crippen LogP contribution in [0.2, 0.25) is 0 Å². The van der Waals surface area contributed by atoms with Gasteiger partial charge in [-0.25, -0.2) is 0 Å². The van der Waals surface area contributed by atoms with E-state index in [1.807, 2.05) is 37.4 Å². The summed E-state index contributed by atoms with van der Waals surface area (Å²) in [5, 5.41) is 3.39. The zero-order chi connectivity index (χ0) is 12.8. The van der Waals surface area contributed by atoms with Crippen LogP contribution in [-0.4, -0.2) is 12.1 Å². The van der Waals surface area contributed by atoms with Crippen molar-refractivity contribution in [2.24, 2.45) is 0 Å². The van der Waals surface area contributed by atoms with Crippen molar-refractivity contribution >= 4 is 0 Å². The van der Waals surface area contributed by atoms with Crippen molar-refractivity contribution in [1.29, 1.82) is 0 Å². The normalized spacial score (nSPS) is 10.3. The van der Waals surface area contributed by atoms with Crippen molar-refractivity contribution in [2.75, 3.05) is 7.11 Å². The molecule has 0 radical (unpaired) electrons. The molecule has 0 aliphatic carbocycles. The minimum absolute atomic E-state index is 0.790. The monoisotopic (exact) mass is 242 g/mol. The van der Waals surface area contributed by atoms with Crippen LogP contribution < -0.4 is 10.1 Å². The van der Waals surface area contributed by atoms with E-state index in [0.717, 1.165) is 24.5 Å². The molecule has 2 rings (SSSR count). The highest BCUT2D eigenvalue weighted by Crippen LogP contribution is 2.16. The van der Waals surface area contributed by atoms with Crippen LogP contribution in [-0.2, 0) is 13.1 Å². The van der Waals surface area contributed by atoms with Crippen molar-refractivity contribution in [2.45, 2.75) is 20.0 Å². The Kier molecular flexibility index (Phi) is 4.31. The molecule has 1 heterocycles. The fourth-order valence-electron chi connectivity index (χ4n) is 1.79. The average molecular weight is 242 g/mol. The molecule has 1 aromatic carbocycles. The van der Waals surface area contributed by atoms with E-state index < -0.39 is 0 Å². The minimum atomic E-state index is 0.790. The van der Waals surface area contributed by atoms with Crippen LogP contribution in [0.1, 0.15) is 16.8 Å². The molecule has 0 amide bonds. The quantitative estimate of drug-likeness (QED) is 0.875. The molecule has 0 bridgehead atoms. The maximum atomic E-state index is 5.31. The van der Waals surface area contributed by atoms with Gasteiger partial charge in [-0.1, -0.05) is 24.3 Å². The lowest BCUT2D eigenvalue weighted by Crippen LogP contribution is -2.13. The lowest BCUT2D eigenvalue weighted by molar-refractivity contribution is 0.407. The molecular formula is C15H18N2O. The summed E-state index contributed by atoms with van der Waals surface area (Å²) in [7, 11) is 1.70. The number of para-hydroxylation sites is 1. The Morgan fingerprint density at radius 2 is 1.94 bits per heavy atom. The summed E-state index contributed by atoms with van der Waals surface area (Å²) in [5.74, 6) is 0.923. The Balaban J connectivity index is 1.90. The predicted octanol–water partition coefficient (Wildman–Crippen LogP) is 2.69. The van der Waals surface area contributed by atoms with Gasteiger partial charge >= 0.3 is 0 Å². The van der Waals surface area contributed by atoms with Crippen LogP contribution in [0.15, 0.2) is 42.6 Å². The van der Waals surface area contributed by atoms with Crippen LogP contribution in [0.25, 0.3) is 0 Å². The molecule has 3 nitrogen and oxygen atoms in total. The third-order valence-corrected chi connectivity index (χ3v) is 2.81. The number of hydrogen-bond acceptors (Lipinski definition) is 3. The highest BCUT2D eigenvalue weighted by atomic mass is 16.5. The fraction of sp³-hybridized carbons (Fsp3) is 0.267. The summed E-state index contributed by atoms with van der Waals surface area (Å²) in [5.41, 5.74) is 3.40. The van der Waals surface area contributed by atoms with Gasteiger partial charge in [0.05, 0.1) is 7.11 Å². The van der Waals surface area contributed by atoms with Gasteiger partial charge in [0.2, 0.25) is 0 Å². The average Bonchev–Trinajstić information content (AvgIpc) is 2.41. The molecule has 0 saturated heterocycles. The third-order valence-electron chi connectivity index (χ3n) is 2.81. The second kappa shape index (κ2) is 6.17. The number of nitrogens with zero attached hydrogens (tertiary/aromatic N) is 1. The molecule has 94 valence electrons. The number of benzene rings is 1. The number of aromatic nitrogens is 1. The highest BCUT2D eigenvalue weighted by Gasteiger charge is 2.00. The smallest absolute Gasteiger partial charge is 0.123 e. The zero-order valence-corrected chi connectivity index (χ0v) is 10.8. The second-order valence-electron chi connectivity index (χ2n) is 4.22. The molecule has 2 aromatic rings. The first-order valence-electron chi connectivity index (χ1n) is 6.04.